The third-order valence-electron chi connectivity index (χ3n) is 3.85. The van der Waals surface area contributed by atoms with E-state index in [1.165, 1.54) is 0 Å². The van der Waals surface area contributed by atoms with Gasteiger partial charge in [0.2, 0.25) is 5.91 Å². The van der Waals surface area contributed by atoms with Crippen LogP contribution in [0.25, 0.3) is 0 Å². The van der Waals surface area contributed by atoms with Crippen LogP contribution in [0.15, 0.2) is 18.2 Å². The minimum Gasteiger partial charge on any atom is -0.486 e. The van der Waals surface area contributed by atoms with E-state index in [4.69, 9.17) is 14.6 Å². The van der Waals surface area contributed by atoms with Crippen LogP contribution in [-0.2, 0) is 16.0 Å². The fraction of sp³-hybridized carbons (Fsp3) is 0.467. The molecule has 2 aliphatic heterocycles. The summed E-state index contributed by atoms with van der Waals surface area (Å²) < 4.78 is 10.9. The molecule has 6 heteroatoms. The molecule has 1 saturated heterocycles. The van der Waals surface area contributed by atoms with Gasteiger partial charge in [0.25, 0.3) is 0 Å². The molecule has 0 radical (unpaired) electrons. The van der Waals surface area contributed by atoms with Crippen LogP contribution < -0.4 is 9.47 Å². The van der Waals surface area contributed by atoms with Gasteiger partial charge in [0, 0.05) is 13.1 Å². The number of aliphatic carboxylic acids is 1. The van der Waals surface area contributed by atoms with Crippen molar-refractivity contribution in [1.29, 1.82) is 0 Å². The van der Waals surface area contributed by atoms with Crippen molar-refractivity contribution < 1.29 is 24.2 Å². The summed E-state index contributed by atoms with van der Waals surface area (Å²) in [7, 11) is 0. The third kappa shape index (κ3) is 2.94. The van der Waals surface area contributed by atoms with Crippen LogP contribution in [0.3, 0.4) is 0 Å². The summed E-state index contributed by atoms with van der Waals surface area (Å²) in [6.07, 6.45) is 0.783. The molecule has 21 heavy (non-hydrogen) atoms. The van der Waals surface area contributed by atoms with Gasteiger partial charge in [-0.2, -0.15) is 0 Å². The van der Waals surface area contributed by atoms with Crippen LogP contribution in [0.4, 0.5) is 0 Å². The first kappa shape index (κ1) is 13.7. The Labute approximate surface area is 122 Å². The Hall–Kier alpha value is -2.24. The Morgan fingerprint density at radius 3 is 2.71 bits per heavy atom. The largest absolute Gasteiger partial charge is 0.486 e. The maximum absolute atomic E-state index is 12.2. The summed E-state index contributed by atoms with van der Waals surface area (Å²) in [5.41, 5.74) is 0.850. The Morgan fingerprint density at radius 2 is 2.00 bits per heavy atom. The Balaban J connectivity index is 1.64. The topological polar surface area (TPSA) is 76.1 Å². The molecule has 1 fully saturated rings. The van der Waals surface area contributed by atoms with Crippen molar-refractivity contribution in [2.24, 2.45) is 5.92 Å². The van der Waals surface area contributed by atoms with Crippen LogP contribution in [0.2, 0.25) is 0 Å². The molecular formula is C15H17NO5. The van der Waals surface area contributed by atoms with Crippen molar-refractivity contribution in [2.75, 3.05) is 26.3 Å². The number of carbonyl (C=O) groups excluding carboxylic acids is 1. The van der Waals surface area contributed by atoms with Crippen LogP contribution in [-0.4, -0.2) is 48.2 Å². The molecule has 1 atom stereocenters. The van der Waals surface area contributed by atoms with E-state index in [1.54, 1.807) is 11.0 Å². The number of fused-ring (bicyclic) bond motifs is 1. The number of likely N-dealkylation sites (tertiary alicyclic amines) is 1. The van der Waals surface area contributed by atoms with Crippen molar-refractivity contribution in [3.05, 3.63) is 23.8 Å². The van der Waals surface area contributed by atoms with Crippen molar-refractivity contribution >= 4 is 11.9 Å². The second-order valence-electron chi connectivity index (χ2n) is 5.32. The van der Waals surface area contributed by atoms with Gasteiger partial charge in [0.1, 0.15) is 13.2 Å². The first-order valence-corrected chi connectivity index (χ1v) is 7.02. The molecule has 0 bridgehead atoms. The molecule has 1 aromatic carbocycles. The Bertz CT molecular complexity index is 571. The van der Waals surface area contributed by atoms with Gasteiger partial charge in [0.15, 0.2) is 11.5 Å². The Morgan fingerprint density at radius 1 is 1.24 bits per heavy atom. The minimum atomic E-state index is -0.829. The summed E-state index contributed by atoms with van der Waals surface area (Å²) in [5.74, 6) is 0.0511. The third-order valence-corrected chi connectivity index (χ3v) is 3.85. The van der Waals surface area contributed by atoms with E-state index in [1.807, 2.05) is 12.1 Å². The molecule has 3 rings (SSSR count). The number of nitrogens with zero attached hydrogens (tertiary/aromatic N) is 1. The SMILES string of the molecule is O=C(O)[C@@H]1CCN(C(=O)Cc2ccc3c(c2)OCCO3)C1. The fourth-order valence-corrected chi connectivity index (χ4v) is 2.67. The van der Waals surface area contributed by atoms with Crippen LogP contribution in [0.5, 0.6) is 11.5 Å². The lowest BCUT2D eigenvalue weighted by atomic mass is 10.1. The highest BCUT2D eigenvalue weighted by Crippen LogP contribution is 2.31. The maximum Gasteiger partial charge on any atom is 0.308 e. The predicted molar refractivity (Wildman–Crippen MR) is 73.5 cm³/mol. The first-order chi connectivity index (χ1) is 10.1. The molecule has 0 saturated carbocycles. The van der Waals surface area contributed by atoms with E-state index in [9.17, 15) is 9.59 Å². The first-order valence-electron chi connectivity index (χ1n) is 7.02. The van der Waals surface area contributed by atoms with Gasteiger partial charge < -0.3 is 19.5 Å². The van der Waals surface area contributed by atoms with E-state index >= 15 is 0 Å². The van der Waals surface area contributed by atoms with E-state index in [-0.39, 0.29) is 12.3 Å². The number of hydrogen-bond donors (Lipinski definition) is 1. The molecule has 6 nitrogen and oxygen atoms in total. The lowest BCUT2D eigenvalue weighted by Crippen LogP contribution is -2.31. The predicted octanol–water partition coefficient (Wildman–Crippen LogP) is 0.933. The van der Waals surface area contributed by atoms with Gasteiger partial charge >= 0.3 is 5.97 Å². The zero-order valence-corrected chi connectivity index (χ0v) is 11.6. The molecule has 112 valence electrons. The van der Waals surface area contributed by atoms with Crippen molar-refractivity contribution in [1.82, 2.24) is 4.90 Å². The molecule has 1 aromatic rings. The monoisotopic (exact) mass is 291 g/mol. The normalized spacial score (nSPS) is 20.4. The summed E-state index contributed by atoms with van der Waals surface area (Å²) in [6, 6.07) is 5.47. The number of carboxylic acids is 1. The number of ether oxygens (including phenoxy) is 2. The van der Waals surface area contributed by atoms with Crippen molar-refractivity contribution in [3.63, 3.8) is 0 Å². The molecular weight excluding hydrogens is 274 g/mol. The van der Waals surface area contributed by atoms with Crippen LogP contribution >= 0.6 is 0 Å². The van der Waals surface area contributed by atoms with Gasteiger partial charge in [-0.15, -0.1) is 0 Å². The number of benzene rings is 1. The number of amides is 1. The van der Waals surface area contributed by atoms with Crippen molar-refractivity contribution in [2.45, 2.75) is 12.8 Å². The molecule has 0 aromatic heterocycles. The van der Waals surface area contributed by atoms with E-state index in [2.05, 4.69) is 0 Å². The zero-order chi connectivity index (χ0) is 14.8. The van der Waals surface area contributed by atoms with E-state index in [0.29, 0.717) is 44.2 Å². The molecule has 0 aliphatic carbocycles. The second kappa shape index (κ2) is 5.63. The molecule has 1 N–H and O–H groups in total. The highest BCUT2D eigenvalue weighted by molar-refractivity contribution is 5.81. The van der Waals surface area contributed by atoms with Crippen molar-refractivity contribution in [3.8, 4) is 11.5 Å². The highest BCUT2D eigenvalue weighted by atomic mass is 16.6. The average Bonchev–Trinajstić information content (AvgIpc) is 2.97. The van der Waals surface area contributed by atoms with Gasteiger partial charge in [-0.25, -0.2) is 0 Å². The van der Waals surface area contributed by atoms with Crippen LogP contribution in [0, 0.1) is 5.92 Å². The summed E-state index contributed by atoms with van der Waals surface area (Å²) in [5, 5.41) is 8.97. The Kier molecular flexibility index (Phi) is 3.68. The van der Waals surface area contributed by atoms with E-state index < -0.39 is 11.9 Å². The smallest absolute Gasteiger partial charge is 0.308 e. The molecule has 0 unspecified atom stereocenters. The molecule has 0 spiro atoms. The maximum atomic E-state index is 12.2. The van der Waals surface area contributed by atoms with Gasteiger partial charge in [-0.05, 0) is 24.1 Å². The van der Waals surface area contributed by atoms with Gasteiger partial charge in [-0.3, -0.25) is 9.59 Å². The number of carbonyl (C=O) groups is 2. The molecule has 1 amide bonds. The lowest BCUT2D eigenvalue weighted by Gasteiger charge is -2.20. The standard InChI is InChI=1S/C15H17NO5/c17-14(16-4-3-11(9-16)15(18)19)8-10-1-2-12-13(7-10)21-6-5-20-12/h1-2,7,11H,3-6,8-9H2,(H,18,19)/t11-/m1/s1. The number of rotatable bonds is 3. The molecule has 2 heterocycles. The minimum absolute atomic E-state index is 0.0459. The quantitative estimate of drug-likeness (QED) is 0.896. The number of carboxylic acid groups (broad SMARTS) is 1. The lowest BCUT2D eigenvalue weighted by molar-refractivity contribution is -0.141. The molecule has 2 aliphatic rings. The highest BCUT2D eigenvalue weighted by Gasteiger charge is 2.30. The van der Waals surface area contributed by atoms with E-state index in [0.717, 1.165) is 5.56 Å². The summed E-state index contributed by atoms with van der Waals surface area (Å²) in [6.45, 7) is 1.87. The zero-order valence-electron chi connectivity index (χ0n) is 11.6. The number of hydrogen-bond acceptors (Lipinski definition) is 4. The van der Waals surface area contributed by atoms with Gasteiger partial charge in [0.05, 0.1) is 12.3 Å². The average molecular weight is 291 g/mol. The summed E-state index contributed by atoms with van der Waals surface area (Å²) >= 11 is 0. The van der Waals surface area contributed by atoms with Gasteiger partial charge in [-0.1, -0.05) is 6.07 Å². The second-order valence-corrected chi connectivity index (χ2v) is 5.32. The fourth-order valence-electron chi connectivity index (χ4n) is 2.67. The van der Waals surface area contributed by atoms with Crippen LogP contribution in [0.1, 0.15) is 12.0 Å². The summed E-state index contributed by atoms with van der Waals surface area (Å²) in [4.78, 5) is 24.8.